The summed E-state index contributed by atoms with van der Waals surface area (Å²) >= 11 is 0. The van der Waals surface area contributed by atoms with E-state index in [1.165, 1.54) is 76.4 Å². The summed E-state index contributed by atoms with van der Waals surface area (Å²) in [6, 6.07) is 57.6. The maximum absolute atomic E-state index is 5.59. The quantitative estimate of drug-likeness (QED) is 0.180. The minimum absolute atomic E-state index is 0.0949. The van der Waals surface area contributed by atoms with E-state index in [1.807, 2.05) is 0 Å². The van der Waals surface area contributed by atoms with Crippen molar-refractivity contribution in [3.8, 4) is 22.8 Å². The van der Waals surface area contributed by atoms with Gasteiger partial charge in [-0.25, -0.2) is 9.97 Å². The highest BCUT2D eigenvalue weighted by atomic mass is 15.1. The Morgan fingerprint density at radius 2 is 1.24 bits per heavy atom. The Labute approximate surface area is 341 Å². The third-order valence-electron chi connectivity index (χ3n) is 13.4. The summed E-state index contributed by atoms with van der Waals surface area (Å²) in [5, 5.41) is 9.83. The standard InChI is InChI=1S/C55H38N4/c1-55(2)43-21-9-7-19-40(43)50-41(20-13-22-44(50)55)52-54(57-46-24-11-10-23-45(46)56-52)59-48-31-28-35(32-42(48)51-36-16-5-3-14-33(36)27-30-49(51)59)58-47-25-12-8-18-38(47)39-29-26-34-15-4-6-17-37(34)53(39)58/h3-6,8-18,20-32H,7,19H2,1-2H3. The van der Waals surface area contributed by atoms with Gasteiger partial charge >= 0.3 is 0 Å². The lowest BCUT2D eigenvalue weighted by molar-refractivity contribution is 0.651. The lowest BCUT2D eigenvalue weighted by Gasteiger charge is -2.24. The zero-order chi connectivity index (χ0) is 39.0. The lowest BCUT2D eigenvalue weighted by Crippen LogP contribution is -2.16. The van der Waals surface area contributed by atoms with Crippen LogP contribution in [-0.4, -0.2) is 19.1 Å². The minimum Gasteiger partial charge on any atom is -0.309 e. The van der Waals surface area contributed by atoms with E-state index in [-0.39, 0.29) is 5.41 Å². The number of hydrogen-bond donors (Lipinski definition) is 0. The first-order valence-corrected chi connectivity index (χ1v) is 20.7. The average molecular weight is 755 g/mol. The van der Waals surface area contributed by atoms with Gasteiger partial charge in [0.25, 0.3) is 0 Å². The largest absolute Gasteiger partial charge is 0.309 e. The average Bonchev–Trinajstić information content (AvgIpc) is 3.89. The van der Waals surface area contributed by atoms with Crippen molar-refractivity contribution in [2.24, 2.45) is 0 Å². The Hall–Kier alpha value is -7.30. The maximum Gasteiger partial charge on any atom is 0.165 e. The molecule has 13 rings (SSSR count). The third-order valence-corrected chi connectivity index (χ3v) is 13.4. The van der Waals surface area contributed by atoms with Crippen molar-refractivity contribution >= 4 is 81.8 Å². The summed E-state index contributed by atoms with van der Waals surface area (Å²) in [4.78, 5) is 11.2. The molecule has 4 heteroatoms. The molecule has 278 valence electrons. The fourth-order valence-electron chi connectivity index (χ4n) is 10.7. The molecule has 0 N–H and O–H groups in total. The van der Waals surface area contributed by atoms with Gasteiger partial charge in [-0.1, -0.05) is 141 Å². The summed E-state index contributed by atoms with van der Waals surface area (Å²) in [5.74, 6) is 0.848. The van der Waals surface area contributed by atoms with E-state index >= 15 is 0 Å². The number of benzene rings is 8. The Kier molecular flexibility index (Phi) is 6.59. The van der Waals surface area contributed by atoms with Crippen LogP contribution in [0.15, 0.2) is 175 Å². The summed E-state index contributed by atoms with van der Waals surface area (Å²) in [7, 11) is 0. The van der Waals surface area contributed by atoms with Crippen LogP contribution >= 0.6 is 0 Å². The number of rotatable bonds is 3. The molecule has 0 fully saturated rings. The van der Waals surface area contributed by atoms with Gasteiger partial charge in [0.05, 0.1) is 33.1 Å². The fraction of sp³-hybridized carbons (Fsp3) is 0.0909. The highest BCUT2D eigenvalue weighted by Gasteiger charge is 2.39. The van der Waals surface area contributed by atoms with E-state index in [2.05, 4.69) is 193 Å². The molecule has 2 aliphatic rings. The van der Waals surface area contributed by atoms with Gasteiger partial charge in [0.2, 0.25) is 0 Å². The molecule has 0 saturated carbocycles. The van der Waals surface area contributed by atoms with Crippen LogP contribution in [0.4, 0.5) is 0 Å². The molecule has 0 atom stereocenters. The number of aromatic nitrogens is 4. The van der Waals surface area contributed by atoms with Gasteiger partial charge in [-0.3, -0.25) is 4.57 Å². The Balaban J connectivity index is 1.16. The molecular weight excluding hydrogens is 717 g/mol. The van der Waals surface area contributed by atoms with Crippen LogP contribution in [0.3, 0.4) is 0 Å². The van der Waals surface area contributed by atoms with E-state index in [1.54, 1.807) is 0 Å². The summed E-state index contributed by atoms with van der Waals surface area (Å²) < 4.78 is 4.87. The van der Waals surface area contributed by atoms with Gasteiger partial charge in [0.1, 0.15) is 5.69 Å². The Morgan fingerprint density at radius 3 is 2.10 bits per heavy atom. The molecule has 0 saturated heterocycles. The summed E-state index contributed by atoms with van der Waals surface area (Å²) in [6.45, 7) is 4.74. The molecule has 0 bridgehead atoms. The van der Waals surface area contributed by atoms with Crippen molar-refractivity contribution in [3.63, 3.8) is 0 Å². The molecule has 0 aliphatic heterocycles. The van der Waals surface area contributed by atoms with E-state index in [0.29, 0.717) is 0 Å². The molecule has 0 spiro atoms. The number of para-hydroxylation sites is 3. The molecule has 11 aromatic rings. The van der Waals surface area contributed by atoms with Crippen molar-refractivity contribution in [3.05, 3.63) is 187 Å². The molecule has 0 unspecified atom stereocenters. The van der Waals surface area contributed by atoms with E-state index in [0.717, 1.165) is 57.7 Å². The Morgan fingerprint density at radius 1 is 0.542 bits per heavy atom. The topological polar surface area (TPSA) is 35.6 Å². The molecule has 8 aromatic carbocycles. The molecular formula is C55H38N4. The molecule has 3 heterocycles. The minimum atomic E-state index is -0.0949. The number of fused-ring (bicyclic) bond motifs is 13. The number of nitrogens with zero attached hydrogens (tertiary/aromatic N) is 4. The van der Waals surface area contributed by atoms with Crippen LogP contribution in [-0.2, 0) is 5.41 Å². The van der Waals surface area contributed by atoms with Crippen LogP contribution < -0.4 is 0 Å². The number of allylic oxidation sites excluding steroid dienone is 4. The van der Waals surface area contributed by atoms with Crippen LogP contribution in [0.5, 0.6) is 0 Å². The van der Waals surface area contributed by atoms with Gasteiger partial charge in [-0.15, -0.1) is 0 Å². The van der Waals surface area contributed by atoms with Crippen molar-refractivity contribution in [2.75, 3.05) is 0 Å². The van der Waals surface area contributed by atoms with Crippen LogP contribution in [0.2, 0.25) is 0 Å². The zero-order valence-corrected chi connectivity index (χ0v) is 32.9. The van der Waals surface area contributed by atoms with Crippen LogP contribution in [0, 0.1) is 0 Å². The normalized spacial score (nSPS) is 14.8. The molecule has 0 amide bonds. The molecule has 2 aliphatic carbocycles. The molecule has 0 radical (unpaired) electrons. The highest BCUT2D eigenvalue weighted by Crippen LogP contribution is 2.53. The van der Waals surface area contributed by atoms with Crippen molar-refractivity contribution in [2.45, 2.75) is 32.1 Å². The zero-order valence-electron chi connectivity index (χ0n) is 32.9. The first-order valence-electron chi connectivity index (χ1n) is 20.7. The second kappa shape index (κ2) is 11.9. The van der Waals surface area contributed by atoms with E-state index < -0.39 is 0 Å². The Bertz CT molecular complexity index is 3700. The molecule has 3 aromatic heterocycles. The molecule has 59 heavy (non-hydrogen) atoms. The predicted octanol–water partition coefficient (Wildman–Crippen LogP) is 14.2. The van der Waals surface area contributed by atoms with Crippen molar-refractivity contribution in [1.29, 1.82) is 0 Å². The van der Waals surface area contributed by atoms with Gasteiger partial charge in [-0.2, -0.15) is 0 Å². The monoisotopic (exact) mass is 754 g/mol. The van der Waals surface area contributed by atoms with Crippen molar-refractivity contribution < 1.29 is 0 Å². The van der Waals surface area contributed by atoms with Crippen LogP contribution in [0.1, 0.15) is 37.8 Å². The number of hydrogen-bond acceptors (Lipinski definition) is 2. The lowest BCUT2D eigenvalue weighted by atomic mass is 9.80. The van der Waals surface area contributed by atoms with Crippen LogP contribution in [0.25, 0.3) is 105 Å². The maximum atomic E-state index is 5.59. The summed E-state index contributed by atoms with van der Waals surface area (Å²) in [5.41, 5.74) is 15.1. The van der Waals surface area contributed by atoms with E-state index in [9.17, 15) is 0 Å². The highest BCUT2D eigenvalue weighted by molar-refractivity contribution is 6.23. The smallest absolute Gasteiger partial charge is 0.165 e. The van der Waals surface area contributed by atoms with Gasteiger partial charge in [0, 0.05) is 43.6 Å². The summed E-state index contributed by atoms with van der Waals surface area (Å²) in [6.07, 6.45) is 6.78. The third kappa shape index (κ3) is 4.43. The second-order valence-electron chi connectivity index (χ2n) is 16.8. The van der Waals surface area contributed by atoms with Gasteiger partial charge in [0.15, 0.2) is 5.82 Å². The first-order chi connectivity index (χ1) is 29.0. The van der Waals surface area contributed by atoms with E-state index in [4.69, 9.17) is 9.97 Å². The predicted molar refractivity (Wildman–Crippen MR) is 247 cm³/mol. The van der Waals surface area contributed by atoms with Crippen molar-refractivity contribution in [1.82, 2.24) is 19.1 Å². The second-order valence-corrected chi connectivity index (χ2v) is 16.8. The van der Waals surface area contributed by atoms with Gasteiger partial charge < -0.3 is 4.57 Å². The van der Waals surface area contributed by atoms with Gasteiger partial charge in [-0.05, 0) is 93.7 Å². The fourth-order valence-corrected chi connectivity index (χ4v) is 10.7. The molecule has 4 nitrogen and oxygen atoms in total. The SMILES string of the molecule is CC1(C)C2=C(CCC=C2)c2c(-c3nc4ccccc4nc3-n3c4ccc(-n5c6ccccc6c6ccc7ccccc7c65)cc4c4c5ccccc5ccc43)cccc21. The first kappa shape index (κ1) is 32.8.